The highest BCUT2D eigenvalue weighted by molar-refractivity contribution is 7.92. The van der Waals surface area contributed by atoms with E-state index in [1.807, 2.05) is 24.3 Å². The van der Waals surface area contributed by atoms with Crippen molar-refractivity contribution in [2.75, 3.05) is 12.8 Å². The molecule has 0 aromatic heterocycles. The van der Waals surface area contributed by atoms with Gasteiger partial charge in [-0.2, -0.15) is 0 Å². The SMILES string of the molecule is CC(C)c1ccc(C(CN)C(O)C(C)(C)S(C)(=O)=O)cc1. The Labute approximate surface area is 128 Å². The second kappa shape index (κ2) is 6.46. The molecule has 1 aromatic carbocycles. The molecule has 0 amide bonds. The number of hydrogen-bond donors (Lipinski definition) is 2. The van der Waals surface area contributed by atoms with Crippen LogP contribution in [0, 0.1) is 0 Å². The van der Waals surface area contributed by atoms with Gasteiger partial charge in [-0.05, 0) is 30.9 Å². The van der Waals surface area contributed by atoms with Crippen LogP contribution in [0.4, 0.5) is 0 Å². The maximum absolute atomic E-state index is 11.9. The first-order valence-corrected chi connectivity index (χ1v) is 9.09. The van der Waals surface area contributed by atoms with Crippen molar-refractivity contribution >= 4 is 9.84 Å². The quantitative estimate of drug-likeness (QED) is 0.842. The minimum absolute atomic E-state index is 0.196. The number of benzene rings is 1. The van der Waals surface area contributed by atoms with Gasteiger partial charge < -0.3 is 10.8 Å². The van der Waals surface area contributed by atoms with Crippen LogP contribution >= 0.6 is 0 Å². The summed E-state index contributed by atoms with van der Waals surface area (Å²) in [6.07, 6.45) is 0.0912. The highest BCUT2D eigenvalue weighted by atomic mass is 32.2. The van der Waals surface area contributed by atoms with Crippen LogP contribution in [-0.2, 0) is 9.84 Å². The van der Waals surface area contributed by atoms with E-state index in [2.05, 4.69) is 13.8 Å². The molecule has 0 fully saturated rings. The van der Waals surface area contributed by atoms with Crippen molar-refractivity contribution < 1.29 is 13.5 Å². The third-order valence-electron chi connectivity index (χ3n) is 4.33. The third kappa shape index (κ3) is 3.84. The van der Waals surface area contributed by atoms with Crippen LogP contribution in [-0.4, -0.2) is 37.2 Å². The van der Waals surface area contributed by atoms with Gasteiger partial charge in [-0.1, -0.05) is 38.1 Å². The summed E-state index contributed by atoms with van der Waals surface area (Å²) in [5, 5.41) is 10.5. The first-order chi connectivity index (χ1) is 9.52. The van der Waals surface area contributed by atoms with Crippen molar-refractivity contribution in [1.82, 2.24) is 0 Å². The summed E-state index contributed by atoms with van der Waals surface area (Å²) in [5.74, 6) is 0.0173. The second-order valence-electron chi connectivity index (χ2n) is 6.48. The lowest BCUT2D eigenvalue weighted by molar-refractivity contribution is 0.110. The van der Waals surface area contributed by atoms with Gasteiger partial charge in [0.15, 0.2) is 9.84 Å². The molecule has 4 nitrogen and oxygen atoms in total. The van der Waals surface area contributed by atoms with Crippen molar-refractivity contribution in [3.05, 3.63) is 35.4 Å². The minimum Gasteiger partial charge on any atom is -0.391 e. The predicted octanol–water partition coefficient (Wildman–Crippen LogP) is 2.04. The summed E-state index contributed by atoms with van der Waals surface area (Å²) in [6, 6.07) is 7.86. The van der Waals surface area contributed by atoms with E-state index in [4.69, 9.17) is 5.73 Å². The maximum Gasteiger partial charge on any atom is 0.155 e. The van der Waals surface area contributed by atoms with E-state index in [1.165, 1.54) is 19.4 Å². The van der Waals surface area contributed by atoms with Crippen LogP contribution in [0.25, 0.3) is 0 Å². The van der Waals surface area contributed by atoms with Crippen LogP contribution in [0.1, 0.15) is 50.7 Å². The lowest BCUT2D eigenvalue weighted by atomic mass is 9.86. The summed E-state index contributed by atoms with van der Waals surface area (Å²) in [4.78, 5) is 0. The van der Waals surface area contributed by atoms with Crippen molar-refractivity contribution in [3.63, 3.8) is 0 Å². The summed E-state index contributed by atoms with van der Waals surface area (Å²) >= 11 is 0. The van der Waals surface area contributed by atoms with Crippen molar-refractivity contribution in [1.29, 1.82) is 0 Å². The monoisotopic (exact) mass is 313 g/mol. The van der Waals surface area contributed by atoms with E-state index >= 15 is 0 Å². The van der Waals surface area contributed by atoms with Gasteiger partial charge in [-0.25, -0.2) is 8.42 Å². The zero-order chi connectivity index (χ0) is 16.4. The summed E-state index contributed by atoms with van der Waals surface area (Å²) < 4.78 is 22.5. The molecule has 0 aliphatic heterocycles. The molecular weight excluding hydrogens is 286 g/mol. The van der Waals surface area contributed by atoms with E-state index < -0.39 is 26.6 Å². The average Bonchev–Trinajstić information content (AvgIpc) is 2.38. The van der Waals surface area contributed by atoms with Gasteiger partial charge in [-0.3, -0.25) is 0 Å². The Morgan fingerprint density at radius 3 is 1.90 bits per heavy atom. The fourth-order valence-electron chi connectivity index (χ4n) is 2.28. The highest BCUT2D eigenvalue weighted by Gasteiger charge is 2.42. The summed E-state index contributed by atoms with van der Waals surface area (Å²) in [5.41, 5.74) is 7.86. The van der Waals surface area contributed by atoms with Crippen LogP contribution in [0.2, 0.25) is 0 Å². The van der Waals surface area contributed by atoms with E-state index in [-0.39, 0.29) is 6.54 Å². The second-order valence-corrected chi connectivity index (χ2v) is 9.08. The van der Waals surface area contributed by atoms with Crippen LogP contribution in [0.5, 0.6) is 0 Å². The number of sulfone groups is 1. The molecule has 120 valence electrons. The molecule has 0 saturated carbocycles. The molecule has 2 atom stereocenters. The van der Waals surface area contributed by atoms with Crippen LogP contribution in [0.15, 0.2) is 24.3 Å². The molecule has 1 aromatic rings. The Morgan fingerprint density at radius 2 is 1.57 bits per heavy atom. The average molecular weight is 313 g/mol. The lowest BCUT2D eigenvalue weighted by Crippen LogP contribution is -2.48. The molecule has 0 spiro atoms. The first kappa shape index (κ1) is 18.1. The standard InChI is InChI=1S/C16H27NO3S/c1-11(2)12-6-8-13(9-7-12)14(10-17)15(18)16(3,4)21(5,19)20/h6-9,11,14-15,18H,10,17H2,1-5H3. The molecule has 0 radical (unpaired) electrons. The van der Waals surface area contributed by atoms with Crippen molar-refractivity contribution in [2.24, 2.45) is 5.73 Å². The van der Waals surface area contributed by atoms with Crippen molar-refractivity contribution in [3.8, 4) is 0 Å². The Balaban J connectivity index is 3.13. The molecule has 0 saturated heterocycles. The molecule has 5 heteroatoms. The van der Waals surface area contributed by atoms with Gasteiger partial charge in [0.05, 0.1) is 10.9 Å². The fourth-order valence-corrected chi connectivity index (χ4v) is 2.88. The molecule has 21 heavy (non-hydrogen) atoms. The number of hydrogen-bond acceptors (Lipinski definition) is 4. The zero-order valence-electron chi connectivity index (χ0n) is 13.5. The van der Waals surface area contributed by atoms with Gasteiger partial charge in [-0.15, -0.1) is 0 Å². The first-order valence-electron chi connectivity index (χ1n) is 7.20. The molecule has 3 N–H and O–H groups in total. The van der Waals surface area contributed by atoms with Gasteiger partial charge >= 0.3 is 0 Å². The fraction of sp³-hybridized carbons (Fsp3) is 0.625. The predicted molar refractivity (Wildman–Crippen MR) is 87.3 cm³/mol. The maximum atomic E-state index is 11.9. The largest absolute Gasteiger partial charge is 0.391 e. The zero-order valence-corrected chi connectivity index (χ0v) is 14.3. The Hall–Kier alpha value is -0.910. The Morgan fingerprint density at radius 1 is 1.14 bits per heavy atom. The number of nitrogens with two attached hydrogens (primary N) is 1. The number of aliphatic hydroxyl groups excluding tert-OH is 1. The number of aliphatic hydroxyl groups is 1. The smallest absolute Gasteiger partial charge is 0.155 e. The van der Waals surface area contributed by atoms with Gasteiger partial charge in [0, 0.05) is 18.7 Å². The van der Waals surface area contributed by atoms with Gasteiger partial charge in [0.1, 0.15) is 0 Å². The molecule has 0 bridgehead atoms. The summed E-state index contributed by atoms with van der Waals surface area (Å²) in [7, 11) is -3.39. The highest BCUT2D eigenvalue weighted by Crippen LogP contribution is 2.31. The van der Waals surface area contributed by atoms with Crippen molar-refractivity contribution in [2.45, 2.75) is 50.4 Å². The summed E-state index contributed by atoms with van der Waals surface area (Å²) in [6.45, 7) is 7.49. The topological polar surface area (TPSA) is 80.4 Å². The Kier molecular flexibility index (Phi) is 5.58. The van der Waals surface area contributed by atoms with Crippen LogP contribution < -0.4 is 5.73 Å². The Bertz CT molecular complexity index is 562. The van der Waals surface area contributed by atoms with Gasteiger partial charge in [0.2, 0.25) is 0 Å². The van der Waals surface area contributed by atoms with E-state index in [1.54, 1.807) is 0 Å². The van der Waals surface area contributed by atoms with E-state index in [9.17, 15) is 13.5 Å². The van der Waals surface area contributed by atoms with E-state index in [0.29, 0.717) is 5.92 Å². The lowest BCUT2D eigenvalue weighted by Gasteiger charge is -2.34. The molecule has 0 heterocycles. The molecule has 0 aliphatic rings. The molecule has 1 rings (SSSR count). The van der Waals surface area contributed by atoms with Gasteiger partial charge in [0.25, 0.3) is 0 Å². The molecule has 2 unspecified atom stereocenters. The number of rotatable bonds is 6. The molecule has 0 aliphatic carbocycles. The normalized spacial score (nSPS) is 16.0. The molecular formula is C16H27NO3S. The minimum atomic E-state index is -3.39. The van der Waals surface area contributed by atoms with E-state index in [0.717, 1.165) is 11.8 Å². The third-order valence-corrected chi connectivity index (χ3v) is 6.49. The van der Waals surface area contributed by atoms with Crippen LogP contribution in [0.3, 0.4) is 0 Å².